The van der Waals surface area contributed by atoms with Gasteiger partial charge in [0.15, 0.2) is 6.10 Å². The Morgan fingerprint density at radius 1 is 0.257 bits per heavy atom. The molecule has 0 aliphatic carbocycles. The number of esters is 3. The lowest BCUT2D eigenvalue weighted by molar-refractivity contribution is -0.161. The summed E-state index contributed by atoms with van der Waals surface area (Å²) in [6.07, 6.45) is 102. The fourth-order valence-electron chi connectivity index (χ4n) is 11.7. The maximum Gasteiger partial charge on any atom is 0.472 e. The van der Waals surface area contributed by atoms with E-state index < -0.39 is 91.5 Å². The van der Waals surface area contributed by atoms with E-state index in [1.54, 1.807) is 0 Å². The summed E-state index contributed by atoms with van der Waals surface area (Å²) < 4.78 is 61.4. The number of phosphoric ester groups is 2. The minimum Gasteiger partial charge on any atom is -0.463 e. The second-order valence-electron chi connectivity index (χ2n) is 29.0. The molecule has 0 saturated carbocycles. The van der Waals surface area contributed by atoms with Crippen LogP contribution in [0.25, 0.3) is 0 Å². The van der Waals surface area contributed by atoms with Crippen LogP contribution in [0.2, 0.25) is 0 Å². The molecule has 0 rings (SSSR count). The number of aliphatic hydroxyl groups is 2. The normalized spacial score (nSPS) is 14.5. The Labute approximate surface area is 665 Å². The molecule has 5 atom stereocenters. The van der Waals surface area contributed by atoms with Gasteiger partial charge in [-0.25, -0.2) is 9.13 Å². The summed E-state index contributed by atoms with van der Waals surface area (Å²) in [5.41, 5.74) is 0. The van der Waals surface area contributed by atoms with Gasteiger partial charge in [-0.1, -0.05) is 334 Å². The van der Waals surface area contributed by atoms with Crippen molar-refractivity contribution in [2.75, 3.05) is 39.6 Å². The molecule has 0 saturated heterocycles. The second-order valence-corrected chi connectivity index (χ2v) is 31.9. The molecular formula is C91H158O16P2. The Kier molecular flexibility index (Phi) is 79.8. The number of ether oxygens (including phenoxy) is 3. The lowest BCUT2D eigenvalue weighted by Gasteiger charge is -2.21. The van der Waals surface area contributed by atoms with Gasteiger partial charge >= 0.3 is 33.6 Å². The summed E-state index contributed by atoms with van der Waals surface area (Å²) in [7, 11) is -9.81. The summed E-state index contributed by atoms with van der Waals surface area (Å²) in [6.45, 7) is 2.62. The summed E-state index contributed by atoms with van der Waals surface area (Å²) in [5.74, 6) is -1.59. The highest BCUT2D eigenvalue weighted by Crippen LogP contribution is 2.45. The minimum absolute atomic E-state index is 0.0872. The van der Waals surface area contributed by atoms with Crippen LogP contribution in [-0.2, 0) is 55.8 Å². The molecule has 5 unspecified atom stereocenters. The molecule has 628 valence electrons. The van der Waals surface area contributed by atoms with Gasteiger partial charge in [0, 0.05) is 19.3 Å². The van der Waals surface area contributed by atoms with Crippen LogP contribution in [0, 0.1) is 0 Å². The zero-order valence-electron chi connectivity index (χ0n) is 68.9. The number of allylic oxidation sites excluding steroid dienone is 22. The van der Waals surface area contributed by atoms with Gasteiger partial charge in [0.05, 0.1) is 26.4 Å². The molecule has 0 fully saturated rings. The van der Waals surface area contributed by atoms with Gasteiger partial charge in [-0.3, -0.25) is 32.5 Å². The smallest absolute Gasteiger partial charge is 0.463 e. The van der Waals surface area contributed by atoms with Crippen LogP contribution in [-0.4, -0.2) is 95.9 Å². The number of carbonyl (C=O) groups excluding carboxylic acids is 3. The van der Waals surface area contributed by atoms with E-state index in [4.69, 9.17) is 32.3 Å². The lowest BCUT2D eigenvalue weighted by atomic mass is 10.0. The average molecular weight is 1570 g/mol. The molecule has 4 N–H and O–H groups in total. The van der Waals surface area contributed by atoms with Crippen LogP contribution in [0.3, 0.4) is 0 Å². The Bertz CT molecular complexity index is 2510. The topological polar surface area (TPSA) is 231 Å². The van der Waals surface area contributed by atoms with E-state index in [1.807, 2.05) is 0 Å². The Balaban J connectivity index is 4.63. The first-order valence-corrected chi connectivity index (χ1v) is 46.5. The Hall–Kier alpha value is -4.31. The van der Waals surface area contributed by atoms with Crippen LogP contribution >= 0.6 is 15.6 Å². The third-order valence-electron chi connectivity index (χ3n) is 18.3. The van der Waals surface area contributed by atoms with Gasteiger partial charge < -0.3 is 34.2 Å². The summed E-state index contributed by atoms with van der Waals surface area (Å²) in [6, 6.07) is 0. The zero-order valence-corrected chi connectivity index (χ0v) is 70.7. The second kappa shape index (κ2) is 83.1. The van der Waals surface area contributed by atoms with Crippen molar-refractivity contribution in [3.63, 3.8) is 0 Å². The number of unbranched alkanes of at least 4 members (excludes halogenated alkanes) is 37. The first-order chi connectivity index (χ1) is 53.2. The van der Waals surface area contributed by atoms with Crippen LogP contribution in [0.4, 0.5) is 0 Å². The van der Waals surface area contributed by atoms with Gasteiger partial charge in [-0.2, -0.15) is 0 Å². The molecule has 0 spiro atoms. The number of hydrogen-bond donors (Lipinski definition) is 4. The molecule has 0 aromatic carbocycles. The fourth-order valence-corrected chi connectivity index (χ4v) is 13.2. The van der Waals surface area contributed by atoms with Crippen molar-refractivity contribution in [3.05, 3.63) is 134 Å². The van der Waals surface area contributed by atoms with Crippen molar-refractivity contribution in [3.8, 4) is 0 Å². The zero-order chi connectivity index (χ0) is 79.4. The van der Waals surface area contributed by atoms with E-state index >= 15 is 0 Å². The van der Waals surface area contributed by atoms with Gasteiger partial charge in [-0.05, 0) is 148 Å². The predicted molar refractivity (Wildman–Crippen MR) is 454 cm³/mol. The summed E-state index contributed by atoms with van der Waals surface area (Å²) in [4.78, 5) is 58.9. The van der Waals surface area contributed by atoms with E-state index in [2.05, 4.69) is 154 Å². The number of carbonyl (C=O) groups is 3. The highest BCUT2D eigenvalue weighted by atomic mass is 31.2. The largest absolute Gasteiger partial charge is 0.472 e. The highest BCUT2D eigenvalue weighted by Gasteiger charge is 2.29. The van der Waals surface area contributed by atoms with Crippen molar-refractivity contribution >= 4 is 33.6 Å². The Morgan fingerprint density at radius 3 is 0.725 bits per heavy atom. The minimum atomic E-state index is -4.94. The number of aliphatic hydroxyl groups excluding tert-OH is 2. The van der Waals surface area contributed by atoms with E-state index in [0.717, 1.165) is 154 Å². The molecule has 0 radical (unpaired) electrons. The van der Waals surface area contributed by atoms with Crippen LogP contribution < -0.4 is 0 Å². The van der Waals surface area contributed by atoms with E-state index in [-0.39, 0.29) is 19.3 Å². The number of hydrogen-bond acceptors (Lipinski definition) is 14. The van der Waals surface area contributed by atoms with E-state index in [0.29, 0.717) is 19.3 Å². The fraction of sp³-hybridized carbons (Fsp3) is 0.725. The van der Waals surface area contributed by atoms with Crippen molar-refractivity contribution < 1.29 is 75.8 Å². The quantitative estimate of drug-likeness (QED) is 0.0146. The van der Waals surface area contributed by atoms with Crippen LogP contribution in [0.5, 0.6) is 0 Å². The standard InChI is InChI=1S/C91H158O16P2/c1-4-7-10-13-16-19-22-25-28-31-34-36-38-40-42-44-46-48-51-53-56-59-62-65-68-71-74-77-89(94)101-80-86(92)81-103-108(97,98)104-82-87(93)83-105-109(99,100)106-85-88(107-91(96)79-76-73-70-67-64-61-58-55-50-33-30-27-24-21-18-15-12-9-6-3)84-102-90(95)78-75-72-69-66-63-60-57-54-52-49-47-45-43-41-39-37-35-32-29-26-23-20-17-14-11-8-5-2/h16-21,25-30,34-37,40-43,50,55,86-88,92-93H,4-15,22-24,31-33,38-39,44-49,51-54,56-85H2,1-3H3,(H,97,98)(H,99,100)/b19-16-,20-17-,21-18-,28-25-,29-26-,30-27-,36-34-,37-35-,42-40-,43-41-,55-50-. The average Bonchev–Trinajstić information content (AvgIpc) is 0.947. The lowest BCUT2D eigenvalue weighted by Crippen LogP contribution is -2.30. The van der Waals surface area contributed by atoms with Crippen molar-refractivity contribution in [2.24, 2.45) is 0 Å². The molecule has 0 heterocycles. The van der Waals surface area contributed by atoms with Crippen LogP contribution in [0.15, 0.2) is 134 Å². The molecule has 0 aliphatic rings. The first-order valence-electron chi connectivity index (χ1n) is 43.5. The van der Waals surface area contributed by atoms with Crippen molar-refractivity contribution in [1.82, 2.24) is 0 Å². The van der Waals surface area contributed by atoms with Gasteiger partial charge in [0.25, 0.3) is 0 Å². The SMILES string of the molecule is CCCCC/C=C\C/C=C\C/C=C\C/C=C\CCCCCCCCCCCCCC(=O)OCC(O)COP(=O)(O)OCC(O)COP(=O)(O)OCC(COC(=O)CCCCCCCCCCCCC/C=C\C/C=C\C/C=C\C/C=C\CCCCC)OC(=O)CCCCCCCC/C=C\C/C=C\C/C=C\CCCCC. The first kappa shape index (κ1) is 105. The van der Waals surface area contributed by atoms with Gasteiger partial charge in [0.2, 0.25) is 0 Å². The molecule has 109 heavy (non-hydrogen) atoms. The highest BCUT2D eigenvalue weighted by molar-refractivity contribution is 7.47. The molecular weight excluding hydrogens is 1410 g/mol. The van der Waals surface area contributed by atoms with Crippen molar-refractivity contribution in [1.29, 1.82) is 0 Å². The molecule has 16 nitrogen and oxygen atoms in total. The number of rotatable bonds is 82. The Morgan fingerprint density at radius 2 is 0.459 bits per heavy atom. The van der Waals surface area contributed by atoms with E-state index in [9.17, 15) is 43.5 Å². The molecule has 0 amide bonds. The van der Waals surface area contributed by atoms with Crippen LogP contribution in [0.1, 0.15) is 367 Å². The maximum absolute atomic E-state index is 13.0. The molecule has 18 heteroatoms. The van der Waals surface area contributed by atoms with E-state index in [1.165, 1.54) is 154 Å². The monoisotopic (exact) mass is 1570 g/mol. The van der Waals surface area contributed by atoms with Crippen molar-refractivity contribution in [2.45, 2.75) is 386 Å². The van der Waals surface area contributed by atoms with Gasteiger partial charge in [-0.15, -0.1) is 0 Å². The third kappa shape index (κ3) is 84.4. The summed E-state index contributed by atoms with van der Waals surface area (Å²) in [5, 5.41) is 20.7. The molecule has 0 aliphatic heterocycles. The molecule has 0 aromatic rings. The maximum atomic E-state index is 13.0. The summed E-state index contributed by atoms with van der Waals surface area (Å²) >= 11 is 0. The third-order valence-corrected chi connectivity index (χ3v) is 20.2. The molecule has 0 bridgehead atoms. The number of phosphoric acid groups is 2. The molecule has 0 aromatic heterocycles. The predicted octanol–water partition coefficient (Wildman–Crippen LogP) is 26.2. The van der Waals surface area contributed by atoms with Gasteiger partial charge in [0.1, 0.15) is 25.4 Å².